The summed E-state index contributed by atoms with van der Waals surface area (Å²) in [5, 5.41) is 7.58. The lowest BCUT2D eigenvalue weighted by atomic mass is 9.99. The van der Waals surface area contributed by atoms with Crippen LogP contribution in [0.4, 0.5) is 0 Å². The molecule has 280 valence electrons. The number of aromatic nitrogens is 4. The SMILES string of the molecule is c1ccc(-c2ccc(-c3nc(-c4ccccc4)nc(-c4cccc(-c5ccc6c(c5)sc5ccc7ccccc7c56)c4)n3)c(-n3c4ccccc4c4ccccc43)c2)cc1. The molecule has 12 aromatic rings. The molecule has 0 spiro atoms. The van der Waals surface area contributed by atoms with Crippen molar-refractivity contribution in [2.45, 2.75) is 0 Å². The molecule has 4 nitrogen and oxygen atoms in total. The van der Waals surface area contributed by atoms with Gasteiger partial charge in [0, 0.05) is 47.6 Å². The molecule has 3 aromatic heterocycles. The van der Waals surface area contributed by atoms with Gasteiger partial charge in [-0.2, -0.15) is 0 Å². The molecule has 60 heavy (non-hydrogen) atoms. The molecule has 0 saturated carbocycles. The van der Waals surface area contributed by atoms with Crippen LogP contribution in [0.25, 0.3) is 115 Å². The Bertz CT molecular complexity index is 3550. The Hall–Kier alpha value is -7.73. The predicted molar refractivity (Wildman–Crippen MR) is 252 cm³/mol. The zero-order valence-corrected chi connectivity index (χ0v) is 33.1. The van der Waals surface area contributed by atoms with Crippen molar-refractivity contribution in [3.8, 4) is 62.1 Å². The monoisotopic (exact) mass is 782 g/mol. The number of para-hydroxylation sites is 2. The molecule has 0 atom stereocenters. The maximum absolute atomic E-state index is 5.34. The van der Waals surface area contributed by atoms with Gasteiger partial charge in [-0.25, -0.2) is 15.0 Å². The fourth-order valence-electron chi connectivity index (χ4n) is 8.80. The second kappa shape index (κ2) is 14.0. The molecule has 3 heterocycles. The van der Waals surface area contributed by atoms with Crippen molar-refractivity contribution in [3.05, 3.63) is 206 Å². The van der Waals surface area contributed by atoms with Crippen LogP contribution in [0.15, 0.2) is 206 Å². The molecule has 0 radical (unpaired) electrons. The molecule has 5 heteroatoms. The first-order valence-corrected chi connectivity index (χ1v) is 21.0. The Kier molecular flexibility index (Phi) is 8.00. The van der Waals surface area contributed by atoms with E-state index in [1.807, 2.05) is 29.5 Å². The van der Waals surface area contributed by atoms with Crippen molar-refractivity contribution >= 4 is 64.1 Å². The van der Waals surface area contributed by atoms with Gasteiger partial charge in [0.1, 0.15) is 0 Å². The molecule has 0 N–H and O–H groups in total. The van der Waals surface area contributed by atoms with Gasteiger partial charge in [0.15, 0.2) is 17.5 Å². The number of hydrogen-bond donors (Lipinski definition) is 0. The molecule has 0 bridgehead atoms. The van der Waals surface area contributed by atoms with Crippen LogP contribution in [0, 0.1) is 0 Å². The van der Waals surface area contributed by atoms with E-state index >= 15 is 0 Å². The maximum Gasteiger partial charge on any atom is 0.166 e. The third-order valence-corrected chi connectivity index (χ3v) is 12.8. The highest BCUT2D eigenvalue weighted by Gasteiger charge is 2.21. The van der Waals surface area contributed by atoms with Crippen molar-refractivity contribution in [3.63, 3.8) is 0 Å². The lowest BCUT2D eigenvalue weighted by Gasteiger charge is -2.16. The molecular weight excluding hydrogens is 749 g/mol. The third kappa shape index (κ3) is 5.70. The number of benzene rings is 9. The summed E-state index contributed by atoms with van der Waals surface area (Å²) in [7, 11) is 0. The smallest absolute Gasteiger partial charge is 0.166 e. The van der Waals surface area contributed by atoms with Gasteiger partial charge >= 0.3 is 0 Å². The zero-order chi connectivity index (χ0) is 39.6. The van der Waals surface area contributed by atoms with Gasteiger partial charge < -0.3 is 4.57 Å². The zero-order valence-electron chi connectivity index (χ0n) is 32.3. The van der Waals surface area contributed by atoms with Gasteiger partial charge in [-0.05, 0) is 75.5 Å². The van der Waals surface area contributed by atoms with Crippen LogP contribution >= 0.6 is 11.3 Å². The van der Waals surface area contributed by atoms with Gasteiger partial charge in [0.05, 0.1) is 16.7 Å². The number of rotatable bonds is 6. The molecule has 0 aliphatic rings. The number of fused-ring (bicyclic) bond motifs is 8. The first-order chi connectivity index (χ1) is 29.7. The summed E-state index contributed by atoms with van der Waals surface area (Å²) in [5.41, 5.74) is 10.6. The molecule has 0 saturated heterocycles. The van der Waals surface area contributed by atoms with Gasteiger partial charge in [-0.1, -0.05) is 164 Å². The second-order valence-electron chi connectivity index (χ2n) is 15.2. The van der Waals surface area contributed by atoms with E-state index in [-0.39, 0.29) is 0 Å². The minimum atomic E-state index is 0.611. The molecule has 0 unspecified atom stereocenters. The standard InChI is InChI=1S/C55H34N4S/c1-3-14-35(15-4-1)39-26-29-45(49(33-39)59-47-24-11-9-22-43(47)44-23-10-12-25-48(44)59)55-57-53(37-17-5-2-6-18-37)56-54(58-55)41-20-13-19-38(32-41)40-27-30-46-51(34-40)60-50-31-28-36-16-7-8-21-42(36)52(46)50/h1-34H. The van der Waals surface area contributed by atoms with Gasteiger partial charge in [0.25, 0.3) is 0 Å². The fraction of sp³-hybridized carbons (Fsp3) is 0. The summed E-state index contributed by atoms with van der Waals surface area (Å²) in [4.78, 5) is 15.8. The second-order valence-corrected chi connectivity index (χ2v) is 16.3. The number of nitrogens with zero attached hydrogens (tertiary/aromatic N) is 4. The van der Waals surface area contributed by atoms with Crippen LogP contribution in [-0.4, -0.2) is 19.5 Å². The van der Waals surface area contributed by atoms with E-state index in [0.29, 0.717) is 17.5 Å². The van der Waals surface area contributed by atoms with Gasteiger partial charge in [-0.15, -0.1) is 11.3 Å². The van der Waals surface area contributed by atoms with E-state index in [4.69, 9.17) is 15.0 Å². The Labute approximate surface area is 350 Å². The van der Waals surface area contributed by atoms with E-state index in [0.717, 1.165) is 55.7 Å². The summed E-state index contributed by atoms with van der Waals surface area (Å²) >= 11 is 1.85. The van der Waals surface area contributed by atoms with Crippen LogP contribution in [0.5, 0.6) is 0 Å². The highest BCUT2D eigenvalue weighted by atomic mass is 32.1. The van der Waals surface area contributed by atoms with Crippen LogP contribution in [-0.2, 0) is 0 Å². The summed E-state index contributed by atoms with van der Waals surface area (Å²) in [6.45, 7) is 0. The summed E-state index contributed by atoms with van der Waals surface area (Å²) in [6, 6.07) is 73.3. The van der Waals surface area contributed by atoms with E-state index in [2.05, 4.69) is 193 Å². The minimum absolute atomic E-state index is 0.611. The highest BCUT2D eigenvalue weighted by Crippen LogP contribution is 2.41. The molecule has 0 aliphatic heterocycles. The van der Waals surface area contributed by atoms with Crippen molar-refractivity contribution < 1.29 is 0 Å². The average Bonchev–Trinajstić information content (AvgIpc) is 3.88. The number of thiophene rings is 1. The molecule has 12 rings (SSSR count). The third-order valence-electron chi connectivity index (χ3n) is 11.6. The molecule has 0 amide bonds. The quantitative estimate of drug-likeness (QED) is 0.169. The summed E-state index contributed by atoms with van der Waals surface area (Å²) in [5.74, 6) is 1.86. The van der Waals surface area contributed by atoms with E-state index in [1.54, 1.807) is 0 Å². The van der Waals surface area contributed by atoms with Crippen molar-refractivity contribution in [2.75, 3.05) is 0 Å². The average molecular weight is 783 g/mol. The molecular formula is C55H34N4S. The Morgan fingerprint density at radius 3 is 1.67 bits per heavy atom. The Morgan fingerprint density at radius 2 is 0.900 bits per heavy atom. The molecule has 0 aliphatic carbocycles. The van der Waals surface area contributed by atoms with E-state index < -0.39 is 0 Å². The normalized spacial score (nSPS) is 11.7. The van der Waals surface area contributed by atoms with Gasteiger partial charge in [-0.3, -0.25) is 0 Å². The topological polar surface area (TPSA) is 43.6 Å². The largest absolute Gasteiger partial charge is 0.308 e. The maximum atomic E-state index is 5.34. The minimum Gasteiger partial charge on any atom is -0.308 e. The first kappa shape index (κ1) is 34.3. The van der Waals surface area contributed by atoms with E-state index in [1.165, 1.54) is 41.7 Å². The summed E-state index contributed by atoms with van der Waals surface area (Å²) in [6.07, 6.45) is 0. The Morgan fingerprint density at radius 1 is 0.333 bits per heavy atom. The Balaban J connectivity index is 1.05. The lowest BCUT2D eigenvalue weighted by Crippen LogP contribution is -2.04. The molecule has 9 aromatic carbocycles. The van der Waals surface area contributed by atoms with E-state index in [9.17, 15) is 0 Å². The fourth-order valence-corrected chi connectivity index (χ4v) is 9.96. The van der Waals surface area contributed by atoms with Crippen LogP contribution in [0.1, 0.15) is 0 Å². The first-order valence-electron chi connectivity index (χ1n) is 20.2. The van der Waals surface area contributed by atoms with Crippen LogP contribution < -0.4 is 0 Å². The number of hydrogen-bond acceptors (Lipinski definition) is 4. The molecule has 0 fully saturated rings. The lowest BCUT2D eigenvalue weighted by molar-refractivity contribution is 1.06. The predicted octanol–water partition coefficient (Wildman–Crippen LogP) is 14.8. The van der Waals surface area contributed by atoms with Crippen molar-refractivity contribution in [2.24, 2.45) is 0 Å². The van der Waals surface area contributed by atoms with Crippen molar-refractivity contribution in [1.29, 1.82) is 0 Å². The van der Waals surface area contributed by atoms with Gasteiger partial charge in [0.2, 0.25) is 0 Å². The van der Waals surface area contributed by atoms with Crippen molar-refractivity contribution in [1.82, 2.24) is 19.5 Å². The van der Waals surface area contributed by atoms with Crippen LogP contribution in [0.2, 0.25) is 0 Å². The highest BCUT2D eigenvalue weighted by molar-refractivity contribution is 7.26. The summed E-state index contributed by atoms with van der Waals surface area (Å²) < 4.78 is 4.94. The van der Waals surface area contributed by atoms with Crippen LogP contribution in [0.3, 0.4) is 0 Å².